The SMILES string of the molecule is Nc1ccc(F)c(F)c1N1CCNC1=O. The van der Waals surface area contributed by atoms with Gasteiger partial charge in [-0.1, -0.05) is 0 Å². The molecule has 0 aliphatic carbocycles. The molecule has 0 radical (unpaired) electrons. The number of urea groups is 1. The van der Waals surface area contributed by atoms with E-state index in [0.29, 0.717) is 6.54 Å². The Kier molecular flexibility index (Phi) is 2.18. The summed E-state index contributed by atoms with van der Waals surface area (Å²) >= 11 is 0. The van der Waals surface area contributed by atoms with Crippen molar-refractivity contribution >= 4 is 17.4 Å². The summed E-state index contributed by atoms with van der Waals surface area (Å²) in [6.07, 6.45) is 0. The van der Waals surface area contributed by atoms with Crippen LogP contribution in [0.3, 0.4) is 0 Å². The Hall–Kier alpha value is -1.85. The molecule has 1 saturated heterocycles. The maximum Gasteiger partial charge on any atom is 0.322 e. The Morgan fingerprint density at radius 2 is 2.13 bits per heavy atom. The lowest BCUT2D eigenvalue weighted by Gasteiger charge is -2.17. The van der Waals surface area contributed by atoms with Gasteiger partial charge in [-0.3, -0.25) is 4.90 Å². The third-order valence-electron chi connectivity index (χ3n) is 2.23. The van der Waals surface area contributed by atoms with Crippen molar-refractivity contribution in [1.82, 2.24) is 5.32 Å². The van der Waals surface area contributed by atoms with Crippen LogP contribution in [0.25, 0.3) is 0 Å². The van der Waals surface area contributed by atoms with Crippen molar-refractivity contribution in [3.8, 4) is 0 Å². The molecule has 1 fully saturated rings. The highest BCUT2D eigenvalue weighted by Crippen LogP contribution is 2.29. The molecule has 1 aromatic carbocycles. The summed E-state index contributed by atoms with van der Waals surface area (Å²) in [5.74, 6) is -2.11. The summed E-state index contributed by atoms with van der Waals surface area (Å²) in [6, 6.07) is 1.70. The predicted octanol–water partition coefficient (Wildman–Crippen LogP) is 1.08. The van der Waals surface area contributed by atoms with E-state index in [4.69, 9.17) is 5.73 Å². The average molecular weight is 213 g/mol. The van der Waals surface area contributed by atoms with Gasteiger partial charge in [-0.15, -0.1) is 0 Å². The van der Waals surface area contributed by atoms with Crippen molar-refractivity contribution in [2.45, 2.75) is 0 Å². The molecular formula is C9H9F2N3O. The molecule has 0 unspecified atom stereocenters. The average Bonchev–Trinajstić information content (AvgIpc) is 2.60. The van der Waals surface area contributed by atoms with Crippen LogP contribution in [0.15, 0.2) is 12.1 Å². The molecule has 0 bridgehead atoms. The van der Waals surface area contributed by atoms with Crippen molar-refractivity contribution in [1.29, 1.82) is 0 Å². The van der Waals surface area contributed by atoms with Gasteiger partial charge in [0, 0.05) is 13.1 Å². The Balaban J connectivity index is 2.51. The monoisotopic (exact) mass is 213 g/mol. The molecule has 1 aliphatic rings. The number of hydrogen-bond acceptors (Lipinski definition) is 2. The Bertz CT molecular complexity index is 422. The molecule has 0 spiro atoms. The minimum atomic E-state index is -1.09. The van der Waals surface area contributed by atoms with E-state index < -0.39 is 17.7 Å². The van der Waals surface area contributed by atoms with Crippen molar-refractivity contribution in [2.24, 2.45) is 0 Å². The van der Waals surface area contributed by atoms with Crippen molar-refractivity contribution in [3.63, 3.8) is 0 Å². The lowest BCUT2D eigenvalue weighted by molar-refractivity contribution is 0.252. The van der Waals surface area contributed by atoms with Gasteiger partial charge in [-0.25, -0.2) is 13.6 Å². The molecule has 3 N–H and O–H groups in total. The minimum Gasteiger partial charge on any atom is -0.397 e. The summed E-state index contributed by atoms with van der Waals surface area (Å²) in [5, 5.41) is 2.48. The van der Waals surface area contributed by atoms with Gasteiger partial charge in [0.2, 0.25) is 0 Å². The van der Waals surface area contributed by atoms with E-state index in [2.05, 4.69) is 5.32 Å². The van der Waals surface area contributed by atoms with Crippen LogP contribution in [0.2, 0.25) is 0 Å². The molecule has 6 heteroatoms. The van der Waals surface area contributed by atoms with Crippen LogP contribution in [0.5, 0.6) is 0 Å². The van der Waals surface area contributed by atoms with Gasteiger partial charge in [-0.05, 0) is 12.1 Å². The first-order valence-electron chi connectivity index (χ1n) is 4.40. The molecule has 0 atom stereocenters. The quantitative estimate of drug-likeness (QED) is 0.686. The molecule has 1 aromatic rings. The van der Waals surface area contributed by atoms with Crippen molar-refractivity contribution < 1.29 is 13.6 Å². The van der Waals surface area contributed by atoms with Gasteiger partial charge < -0.3 is 11.1 Å². The van der Waals surface area contributed by atoms with Gasteiger partial charge in [0.1, 0.15) is 5.69 Å². The van der Waals surface area contributed by atoms with Gasteiger partial charge in [0.25, 0.3) is 0 Å². The zero-order valence-electron chi connectivity index (χ0n) is 7.76. The molecule has 4 nitrogen and oxygen atoms in total. The molecule has 0 saturated carbocycles. The summed E-state index contributed by atoms with van der Waals surface area (Å²) in [7, 11) is 0. The number of nitrogens with one attached hydrogen (secondary N) is 1. The number of rotatable bonds is 1. The molecule has 2 rings (SSSR count). The first-order chi connectivity index (χ1) is 7.11. The topological polar surface area (TPSA) is 58.4 Å². The fraction of sp³-hybridized carbons (Fsp3) is 0.222. The Morgan fingerprint density at radius 1 is 1.40 bits per heavy atom. The van der Waals surface area contributed by atoms with Crippen LogP contribution in [0, 0.1) is 11.6 Å². The van der Waals surface area contributed by atoms with E-state index in [0.717, 1.165) is 11.0 Å². The van der Waals surface area contributed by atoms with E-state index in [1.807, 2.05) is 0 Å². The van der Waals surface area contributed by atoms with Gasteiger partial charge >= 0.3 is 6.03 Å². The van der Waals surface area contributed by atoms with Crippen LogP contribution in [-0.4, -0.2) is 19.1 Å². The smallest absolute Gasteiger partial charge is 0.322 e. The van der Waals surface area contributed by atoms with E-state index in [1.54, 1.807) is 0 Å². The molecule has 1 heterocycles. The van der Waals surface area contributed by atoms with E-state index >= 15 is 0 Å². The molecule has 1 aliphatic heterocycles. The molecular weight excluding hydrogens is 204 g/mol. The first kappa shape index (κ1) is 9.70. The number of amides is 2. The van der Waals surface area contributed by atoms with E-state index in [-0.39, 0.29) is 17.9 Å². The second-order valence-corrected chi connectivity index (χ2v) is 3.18. The van der Waals surface area contributed by atoms with Crippen LogP contribution >= 0.6 is 0 Å². The fourth-order valence-electron chi connectivity index (χ4n) is 1.51. The zero-order valence-corrected chi connectivity index (χ0v) is 7.76. The highest BCUT2D eigenvalue weighted by molar-refractivity contribution is 5.97. The standard InChI is InChI=1S/C9H9F2N3O/c10-5-1-2-6(12)8(7(5)11)14-4-3-13-9(14)15/h1-2H,3-4,12H2,(H,13,15). The van der Waals surface area contributed by atoms with Crippen molar-refractivity contribution in [2.75, 3.05) is 23.7 Å². The minimum absolute atomic E-state index is 0.0472. The summed E-state index contributed by atoms with van der Waals surface area (Å²) in [5.41, 5.74) is 5.36. The van der Waals surface area contributed by atoms with Gasteiger partial charge in [-0.2, -0.15) is 0 Å². The molecule has 2 amide bonds. The number of benzene rings is 1. The second kappa shape index (κ2) is 3.38. The third-order valence-corrected chi connectivity index (χ3v) is 2.23. The number of carbonyl (C=O) groups is 1. The maximum atomic E-state index is 13.4. The predicted molar refractivity (Wildman–Crippen MR) is 51.5 cm³/mol. The zero-order chi connectivity index (χ0) is 11.0. The Labute approximate surface area is 84.7 Å². The maximum absolute atomic E-state index is 13.4. The number of halogens is 2. The molecule has 15 heavy (non-hydrogen) atoms. The summed E-state index contributed by atoms with van der Waals surface area (Å²) < 4.78 is 26.4. The van der Waals surface area contributed by atoms with Gasteiger partial charge in [0.05, 0.1) is 5.69 Å². The van der Waals surface area contributed by atoms with Crippen LogP contribution < -0.4 is 16.0 Å². The number of carbonyl (C=O) groups excluding carboxylic acids is 1. The molecule has 80 valence electrons. The second-order valence-electron chi connectivity index (χ2n) is 3.18. The third kappa shape index (κ3) is 1.47. The van der Waals surface area contributed by atoms with E-state index in [9.17, 15) is 13.6 Å². The van der Waals surface area contributed by atoms with Crippen LogP contribution in [0.4, 0.5) is 25.0 Å². The normalized spacial score (nSPS) is 15.6. The lowest BCUT2D eigenvalue weighted by Crippen LogP contribution is -2.29. The fourth-order valence-corrected chi connectivity index (χ4v) is 1.51. The highest BCUT2D eigenvalue weighted by Gasteiger charge is 2.27. The highest BCUT2D eigenvalue weighted by atomic mass is 19.2. The number of hydrogen-bond donors (Lipinski definition) is 2. The lowest BCUT2D eigenvalue weighted by atomic mass is 10.2. The van der Waals surface area contributed by atoms with Gasteiger partial charge in [0.15, 0.2) is 11.6 Å². The summed E-state index contributed by atoms with van der Waals surface area (Å²) in [6.45, 7) is 0.678. The Morgan fingerprint density at radius 3 is 2.73 bits per heavy atom. The first-order valence-corrected chi connectivity index (χ1v) is 4.40. The molecule has 0 aromatic heterocycles. The van der Waals surface area contributed by atoms with Crippen LogP contribution in [-0.2, 0) is 0 Å². The van der Waals surface area contributed by atoms with E-state index in [1.165, 1.54) is 6.07 Å². The summed E-state index contributed by atoms with van der Waals surface area (Å²) in [4.78, 5) is 12.4. The number of nitrogens with two attached hydrogens (primary N) is 1. The van der Waals surface area contributed by atoms with Crippen molar-refractivity contribution in [3.05, 3.63) is 23.8 Å². The van der Waals surface area contributed by atoms with Crippen LogP contribution in [0.1, 0.15) is 0 Å². The number of nitrogens with zero attached hydrogens (tertiary/aromatic N) is 1. The number of nitrogen functional groups attached to an aromatic ring is 1. The largest absolute Gasteiger partial charge is 0.397 e. The number of anilines is 2.